The molecule has 2 aliphatic carbocycles. The Labute approximate surface area is 516 Å². The summed E-state index contributed by atoms with van der Waals surface area (Å²) in [5.41, 5.74) is 5.80. The van der Waals surface area contributed by atoms with E-state index in [0.29, 0.717) is 66.2 Å². The average molecular weight is 1260 g/mol. The van der Waals surface area contributed by atoms with Crippen molar-refractivity contribution in [2.75, 3.05) is 117 Å². The Kier molecular flexibility index (Phi) is 22.2. The number of aliphatic hydroxyl groups is 1. The highest BCUT2D eigenvalue weighted by molar-refractivity contribution is 7.70. The molecule has 2 spiro atoms. The minimum absolute atomic E-state index is 0. The molecule has 0 amide bonds. The van der Waals surface area contributed by atoms with Crippen LogP contribution in [-0.2, 0) is 13.9 Å². The van der Waals surface area contributed by atoms with Crippen LogP contribution < -0.4 is 47.0 Å². The zero-order chi connectivity index (χ0) is 58.9. The monoisotopic (exact) mass is 1260 g/mol. The van der Waals surface area contributed by atoms with Crippen molar-refractivity contribution < 1.29 is 19.0 Å². The molecule has 6 aromatic rings. The van der Waals surface area contributed by atoms with E-state index in [1.54, 1.807) is 32.9 Å². The van der Waals surface area contributed by atoms with Gasteiger partial charge in [-0.15, -0.1) is 0 Å². The van der Waals surface area contributed by atoms with Crippen LogP contribution in [0.2, 0.25) is 20.1 Å². The number of carbonyl (C=O) groups excluding carboxylic acids is 1. The number of halogens is 4. The number of nitrogens with one attached hydrogen (secondary N) is 5. The number of para-hydroxylation sites is 2. The number of hydrogen-bond acceptors (Lipinski definition) is 16. The lowest BCUT2D eigenvalue weighted by molar-refractivity contribution is -0.133. The topological polar surface area (TPSA) is 193 Å². The first-order valence-corrected chi connectivity index (χ1v) is 35.5. The second-order valence-electron chi connectivity index (χ2n) is 23.5. The maximum absolute atomic E-state index is 12.8. The molecule has 12 rings (SSSR count). The van der Waals surface area contributed by atoms with Crippen molar-refractivity contribution in [1.29, 1.82) is 0 Å². The molecule has 0 bridgehead atoms. The van der Waals surface area contributed by atoms with Crippen molar-refractivity contribution in [1.82, 2.24) is 30.2 Å². The fraction of sp³-hybridized carbons (Fsp3) is 0.468. The molecule has 2 aromatic heterocycles. The Hall–Kier alpha value is -4.99. The molecule has 4 aromatic carbocycles. The summed E-state index contributed by atoms with van der Waals surface area (Å²) < 4.78 is 25.5. The highest BCUT2D eigenvalue weighted by atomic mass is 35.5. The smallest absolute Gasteiger partial charge is 0.229 e. The number of aliphatic hydroxyl groups excluding tert-OH is 1. The molecule has 6 fully saturated rings. The van der Waals surface area contributed by atoms with Crippen LogP contribution in [0.15, 0.2) is 97.3 Å². The van der Waals surface area contributed by atoms with E-state index in [9.17, 15) is 13.9 Å². The van der Waals surface area contributed by atoms with Gasteiger partial charge in [0.1, 0.15) is 30.1 Å². The summed E-state index contributed by atoms with van der Waals surface area (Å²) in [5, 5.41) is 26.7. The third kappa shape index (κ3) is 16.3. The SMILES string of the molecule is C.C1CCNC1.CO.CP(C)(=O)c1ccccc1Nc1nc(Nc2ccc(N3CCC4(CC3)CC(=O)C4)c(Cl)c2)ncc1Cl.CP(C)(=O)c1ccccc1Nc1nc(Nc2ccc(N3CCC4(CC3)CC(N3CCCC3)C4)c(Cl)c2)ncc1Cl. The van der Waals surface area contributed by atoms with Gasteiger partial charge in [0.15, 0.2) is 11.6 Å². The van der Waals surface area contributed by atoms with Crippen molar-refractivity contribution in [3.8, 4) is 0 Å². The molecular formula is C62H82Cl4N12O4P2. The van der Waals surface area contributed by atoms with E-state index in [2.05, 4.69) is 67.3 Å². The number of aromatic nitrogens is 4. The Morgan fingerprint density at radius 2 is 0.976 bits per heavy atom. The number of ketones is 1. The van der Waals surface area contributed by atoms with Crippen molar-refractivity contribution >= 4 is 135 Å². The molecule has 6 N–H and O–H groups in total. The highest BCUT2D eigenvalue weighted by Crippen LogP contribution is 2.53. The van der Waals surface area contributed by atoms with E-state index in [4.69, 9.17) is 51.5 Å². The van der Waals surface area contributed by atoms with E-state index < -0.39 is 14.3 Å². The number of hydrogen-bond donors (Lipinski definition) is 6. The summed E-state index contributed by atoms with van der Waals surface area (Å²) in [6, 6.07) is 27.6. The zero-order valence-corrected chi connectivity index (χ0v) is 53.0. The number of rotatable bonds is 13. The number of carbonyl (C=O) groups is 1. The van der Waals surface area contributed by atoms with Crippen LogP contribution in [0.3, 0.4) is 0 Å². The summed E-state index contributed by atoms with van der Waals surface area (Å²) in [7, 11) is -4.00. The molecule has 0 radical (unpaired) electrons. The fourth-order valence-corrected chi connectivity index (χ4v) is 15.4. The molecule has 16 nitrogen and oxygen atoms in total. The molecule has 452 valence electrons. The maximum Gasteiger partial charge on any atom is 0.229 e. The largest absolute Gasteiger partial charge is 0.400 e. The van der Waals surface area contributed by atoms with Gasteiger partial charge in [-0.3, -0.25) is 4.79 Å². The van der Waals surface area contributed by atoms with Crippen molar-refractivity contribution in [3.05, 3.63) is 117 Å². The number of nitrogens with zero attached hydrogens (tertiary/aromatic N) is 7. The number of anilines is 10. The molecule has 84 heavy (non-hydrogen) atoms. The quantitative estimate of drug-likeness (QED) is 0.0598. The Bertz CT molecular complexity index is 3300. The second kappa shape index (κ2) is 28.7. The van der Waals surface area contributed by atoms with Crippen molar-refractivity contribution in [2.45, 2.75) is 90.5 Å². The summed E-state index contributed by atoms with van der Waals surface area (Å²) in [6.45, 7) is 16.0. The van der Waals surface area contributed by atoms with E-state index in [1.165, 1.54) is 83.7 Å². The molecule has 4 aliphatic heterocycles. The third-order valence-electron chi connectivity index (χ3n) is 16.8. The molecule has 2 saturated carbocycles. The van der Waals surface area contributed by atoms with Crippen LogP contribution in [0, 0.1) is 10.8 Å². The van der Waals surface area contributed by atoms with Crippen LogP contribution in [-0.4, -0.2) is 128 Å². The fourth-order valence-electron chi connectivity index (χ4n) is 12.2. The number of piperidine rings is 2. The van der Waals surface area contributed by atoms with Gasteiger partial charge in [0, 0.05) is 74.2 Å². The van der Waals surface area contributed by atoms with Gasteiger partial charge in [-0.1, -0.05) is 78.1 Å². The summed E-state index contributed by atoms with van der Waals surface area (Å²) in [5.74, 6) is 1.98. The van der Waals surface area contributed by atoms with Crippen LogP contribution in [0.4, 0.5) is 57.7 Å². The lowest BCUT2D eigenvalue weighted by atomic mass is 9.60. The Morgan fingerprint density at radius 1 is 0.560 bits per heavy atom. The van der Waals surface area contributed by atoms with Crippen LogP contribution in [0.1, 0.15) is 84.5 Å². The van der Waals surface area contributed by atoms with E-state index in [0.717, 1.165) is 98.4 Å². The van der Waals surface area contributed by atoms with Gasteiger partial charge in [-0.25, -0.2) is 9.97 Å². The predicted molar refractivity (Wildman–Crippen MR) is 354 cm³/mol. The van der Waals surface area contributed by atoms with Gasteiger partial charge >= 0.3 is 0 Å². The van der Waals surface area contributed by atoms with E-state index in [1.807, 2.05) is 78.9 Å². The van der Waals surface area contributed by atoms with Crippen molar-refractivity contribution in [2.24, 2.45) is 10.8 Å². The second-order valence-corrected chi connectivity index (χ2v) is 31.5. The van der Waals surface area contributed by atoms with E-state index in [-0.39, 0.29) is 12.8 Å². The van der Waals surface area contributed by atoms with Gasteiger partial charge < -0.3 is 55.5 Å². The molecule has 22 heteroatoms. The van der Waals surface area contributed by atoms with Crippen molar-refractivity contribution in [3.63, 3.8) is 0 Å². The highest BCUT2D eigenvalue weighted by Gasteiger charge is 2.48. The standard InChI is InChI=1S/C30H37Cl2N6OP.C26H28Cl2N5O2P.C4H9N.CH4O.CH4/c1-40(2,39)27-8-4-3-7-25(27)35-28-24(32)20-33-29(36-28)34-21-9-10-26(23(31)17-21)38-15-11-30(12-16-38)18-22(19-30)37-13-5-6-14-37;1-36(2,35)23-6-4-3-5-21(23)31-24-20(28)16-29-25(32-24)30-17-7-8-22(19(27)13-17)33-11-9-26(10-12-33)14-18(34)15-26;1-2-4-5-3-1;1-2;/h3-4,7-10,17,20,22H,5-6,11-16,18-19H2,1-2H3,(H2,33,34,35,36);3-8,13,16H,9-12,14-15H2,1-2H3,(H2,29,30,31,32);5H,1-4H2;2H,1H3;1H4. The van der Waals surface area contributed by atoms with Crippen LogP contribution in [0.25, 0.3) is 0 Å². The summed E-state index contributed by atoms with van der Waals surface area (Å²) in [4.78, 5) is 36.7. The number of likely N-dealkylation sites (tertiary alicyclic amines) is 1. The summed E-state index contributed by atoms with van der Waals surface area (Å²) >= 11 is 26.2. The Morgan fingerprint density at radius 3 is 1.36 bits per heavy atom. The molecule has 6 aliphatic rings. The maximum atomic E-state index is 12.8. The first-order chi connectivity index (χ1) is 39.8. The lowest BCUT2D eigenvalue weighted by Gasteiger charge is -2.55. The van der Waals surface area contributed by atoms with Gasteiger partial charge in [-0.05, 0) is 189 Å². The normalized spacial score (nSPS) is 18.1. The zero-order valence-electron chi connectivity index (χ0n) is 48.2. The van der Waals surface area contributed by atoms with Crippen LogP contribution >= 0.6 is 60.7 Å². The number of benzene rings is 4. The molecular weight excluding hydrogens is 1180 g/mol. The Balaban J connectivity index is 0.000000195. The van der Waals surface area contributed by atoms with Gasteiger partial charge in [-0.2, -0.15) is 9.97 Å². The predicted octanol–water partition coefficient (Wildman–Crippen LogP) is 14.4. The molecule has 0 unspecified atom stereocenters. The van der Waals surface area contributed by atoms with Crippen LogP contribution in [0.5, 0.6) is 0 Å². The van der Waals surface area contributed by atoms with Gasteiger partial charge in [0.2, 0.25) is 11.9 Å². The van der Waals surface area contributed by atoms with Gasteiger partial charge in [0.05, 0.1) is 45.2 Å². The number of Topliss-reactive ketones (excluding diaryl/α,β-unsaturated/α-hetero) is 1. The first kappa shape index (κ1) is 65.0. The van der Waals surface area contributed by atoms with E-state index >= 15 is 0 Å². The third-order valence-corrected chi connectivity index (χ3v) is 21.1. The minimum Gasteiger partial charge on any atom is -0.400 e. The average Bonchev–Trinajstić information content (AvgIpc) is 4.26. The minimum atomic E-state index is -2.50. The summed E-state index contributed by atoms with van der Waals surface area (Å²) in [6.07, 6.45) is 17.3. The molecule has 4 saturated heterocycles. The molecule has 6 heterocycles. The lowest BCUT2D eigenvalue weighted by Crippen LogP contribution is -2.54. The van der Waals surface area contributed by atoms with Gasteiger partial charge in [0.25, 0.3) is 0 Å². The molecule has 0 atom stereocenters. The first-order valence-electron chi connectivity index (χ1n) is 28.7.